The molecule has 2 N–H and O–H groups in total. The average Bonchev–Trinajstić information content (AvgIpc) is 3.39. The molecule has 4 rings (SSSR count). The number of carbonyl (C=O) groups is 3. The fourth-order valence-corrected chi connectivity index (χ4v) is 4.96. The molecule has 1 aromatic carbocycles. The number of carbonyl (C=O) groups excluding carboxylic acids is 3. The van der Waals surface area contributed by atoms with Gasteiger partial charge in [0.15, 0.2) is 12.6 Å². The number of fused-ring (bicyclic) bond motifs is 2. The first-order valence-corrected chi connectivity index (χ1v) is 11.6. The Hall–Kier alpha value is -2.69. The van der Waals surface area contributed by atoms with Gasteiger partial charge in [-0.15, -0.1) is 0 Å². The number of likely N-dealkylation sites (tertiary alicyclic amines) is 2. The molecule has 186 valence electrons. The van der Waals surface area contributed by atoms with Crippen molar-refractivity contribution < 1.29 is 38.8 Å². The molecule has 6 atom stereocenters. The van der Waals surface area contributed by atoms with Crippen LogP contribution in [0.25, 0.3) is 0 Å². The summed E-state index contributed by atoms with van der Waals surface area (Å²) in [5, 5.41) is 20.8. The summed E-state index contributed by atoms with van der Waals surface area (Å²) >= 11 is 0. The number of nitrogens with zero attached hydrogens (tertiary/aromatic N) is 2. The number of hydrogen-bond donors (Lipinski definition) is 2. The van der Waals surface area contributed by atoms with Crippen molar-refractivity contribution in [3.8, 4) is 0 Å². The Bertz CT molecular complexity index is 917. The van der Waals surface area contributed by atoms with E-state index in [1.807, 2.05) is 30.3 Å². The van der Waals surface area contributed by atoms with Gasteiger partial charge < -0.3 is 29.3 Å². The molecule has 3 heterocycles. The van der Waals surface area contributed by atoms with E-state index in [-0.39, 0.29) is 13.0 Å². The maximum absolute atomic E-state index is 13.7. The van der Waals surface area contributed by atoms with E-state index in [1.54, 1.807) is 20.8 Å². The second-order valence-corrected chi connectivity index (χ2v) is 10.00. The van der Waals surface area contributed by atoms with Crippen LogP contribution in [0, 0.1) is 5.92 Å². The van der Waals surface area contributed by atoms with Gasteiger partial charge in [-0.05, 0) is 45.6 Å². The highest BCUT2D eigenvalue weighted by Gasteiger charge is 2.59. The molecule has 0 radical (unpaired) electrons. The minimum Gasteiger partial charge on any atom is -0.458 e. The zero-order valence-corrected chi connectivity index (χ0v) is 19.6. The Morgan fingerprint density at radius 1 is 1.12 bits per heavy atom. The summed E-state index contributed by atoms with van der Waals surface area (Å²) in [6, 6.07) is 6.41. The highest BCUT2D eigenvalue weighted by atomic mass is 16.7. The zero-order chi connectivity index (χ0) is 24.6. The maximum atomic E-state index is 13.7. The number of esters is 1. The molecule has 10 nitrogen and oxygen atoms in total. The summed E-state index contributed by atoms with van der Waals surface area (Å²) in [7, 11) is 0. The number of aliphatic hydroxyl groups excluding tert-OH is 2. The van der Waals surface area contributed by atoms with Gasteiger partial charge in [0.05, 0.1) is 6.04 Å². The number of amides is 2. The SMILES string of the molecule is CC(C)(C)OC(=O)[C@@H]1[C@H]2C[C@H](C(O)OC2O)N1C(=O)[C@@H]1CCCN1C(=O)OCc1ccccc1. The lowest BCUT2D eigenvalue weighted by molar-refractivity contribution is -0.253. The first-order valence-electron chi connectivity index (χ1n) is 11.6. The van der Waals surface area contributed by atoms with E-state index < -0.39 is 60.2 Å². The monoisotopic (exact) mass is 476 g/mol. The fourth-order valence-electron chi connectivity index (χ4n) is 4.96. The third-order valence-corrected chi connectivity index (χ3v) is 6.43. The summed E-state index contributed by atoms with van der Waals surface area (Å²) in [6.07, 6.45) is -2.32. The molecule has 3 fully saturated rings. The van der Waals surface area contributed by atoms with Crippen LogP contribution in [0.5, 0.6) is 0 Å². The van der Waals surface area contributed by atoms with Crippen LogP contribution in [-0.4, -0.2) is 80.8 Å². The lowest BCUT2D eigenvalue weighted by Gasteiger charge is -2.35. The molecule has 2 bridgehead atoms. The second-order valence-electron chi connectivity index (χ2n) is 10.00. The highest BCUT2D eigenvalue weighted by molar-refractivity contribution is 5.91. The van der Waals surface area contributed by atoms with E-state index in [1.165, 1.54) is 9.80 Å². The van der Waals surface area contributed by atoms with E-state index in [0.29, 0.717) is 19.4 Å². The van der Waals surface area contributed by atoms with Crippen molar-refractivity contribution in [2.24, 2.45) is 5.92 Å². The van der Waals surface area contributed by atoms with Gasteiger partial charge >= 0.3 is 12.1 Å². The normalized spacial score (nSPS) is 30.9. The molecule has 0 spiro atoms. The number of hydrogen-bond acceptors (Lipinski definition) is 8. The molecule has 10 heteroatoms. The predicted molar refractivity (Wildman–Crippen MR) is 118 cm³/mol. The van der Waals surface area contributed by atoms with E-state index >= 15 is 0 Å². The standard InChI is InChI=1S/C24H32N2O8/c1-24(2,3)34-22(30)18-15-12-17(21(29)33-20(15)28)26(18)19(27)16-10-7-11-25(16)23(31)32-13-14-8-5-4-6-9-14/h4-6,8-9,15-18,20-21,28-29H,7,10-13H2,1-3H3/t15-,16+,17-,18+,20?,21?/m1/s1. The van der Waals surface area contributed by atoms with Crippen LogP contribution in [0.4, 0.5) is 4.79 Å². The molecule has 2 amide bonds. The number of benzene rings is 1. The Morgan fingerprint density at radius 3 is 2.50 bits per heavy atom. The average molecular weight is 477 g/mol. The van der Waals surface area contributed by atoms with Crippen molar-refractivity contribution in [1.29, 1.82) is 0 Å². The Labute approximate surface area is 198 Å². The summed E-state index contributed by atoms with van der Waals surface area (Å²) < 4.78 is 16.2. The maximum Gasteiger partial charge on any atom is 0.410 e. The lowest BCUT2D eigenvalue weighted by Crippen LogP contribution is -2.56. The van der Waals surface area contributed by atoms with Crippen molar-refractivity contribution in [1.82, 2.24) is 9.80 Å². The highest BCUT2D eigenvalue weighted by Crippen LogP contribution is 2.41. The van der Waals surface area contributed by atoms with Crippen molar-refractivity contribution in [2.45, 2.75) is 82.9 Å². The van der Waals surface area contributed by atoms with Gasteiger partial charge in [0, 0.05) is 12.5 Å². The first-order chi connectivity index (χ1) is 16.1. The lowest BCUT2D eigenvalue weighted by atomic mass is 9.96. The second kappa shape index (κ2) is 9.52. The van der Waals surface area contributed by atoms with E-state index in [2.05, 4.69) is 0 Å². The first kappa shape index (κ1) is 24.4. The van der Waals surface area contributed by atoms with Crippen molar-refractivity contribution in [3.05, 3.63) is 35.9 Å². The quantitative estimate of drug-likeness (QED) is 0.625. The predicted octanol–water partition coefficient (Wildman–Crippen LogP) is 1.38. The van der Waals surface area contributed by atoms with Gasteiger partial charge in [-0.2, -0.15) is 0 Å². The van der Waals surface area contributed by atoms with Crippen molar-refractivity contribution >= 4 is 18.0 Å². The van der Waals surface area contributed by atoms with Gasteiger partial charge in [0.25, 0.3) is 0 Å². The van der Waals surface area contributed by atoms with Crippen LogP contribution >= 0.6 is 0 Å². The smallest absolute Gasteiger partial charge is 0.410 e. The third kappa shape index (κ3) is 4.89. The number of ether oxygens (including phenoxy) is 3. The van der Waals surface area contributed by atoms with Gasteiger partial charge in [-0.1, -0.05) is 30.3 Å². The van der Waals surface area contributed by atoms with Crippen LogP contribution in [0.3, 0.4) is 0 Å². The molecule has 0 aromatic heterocycles. The van der Waals surface area contributed by atoms with E-state index in [9.17, 15) is 24.6 Å². The molecule has 3 aliphatic heterocycles. The summed E-state index contributed by atoms with van der Waals surface area (Å²) in [5.41, 5.74) is 0.0126. The van der Waals surface area contributed by atoms with Gasteiger partial charge in [-0.25, -0.2) is 9.59 Å². The minimum atomic E-state index is -1.46. The van der Waals surface area contributed by atoms with Gasteiger partial charge in [0.2, 0.25) is 5.91 Å². The van der Waals surface area contributed by atoms with Gasteiger partial charge in [-0.3, -0.25) is 9.69 Å². The molecule has 34 heavy (non-hydrogen) atoms. The summed E-state index contributed by atoms with van der Waals surface area (Å²) in [5.74, 6) is -1.91. The number of aliphatic hydroxyl groups is 2. The van der Waals surface area contributed by atoms with Crippen LogP contribution in [0.15, 0.2) is 30.3 Å². The third-order valence-electron chi connectivity index (χ3n) is 6.43. The largest absolute Gasteiger partial charge is 0.458 e. The topological polar surface area (TPSA) is 126 Å². The Morgan fingerprint density at radius 2 is 1.82 bits per heavy atom. The molecule has 2 unspecified atom stereocenters. The molecule has 3 saturated heterocycles. The van der Waals surface area contributed by atoms with Crippen LogP contribution < -0.4 is 0 Å². The Kier molecular flexibility index (Phi) is 6.84. The zero-order valence-electron chi connectivity index (χ0n) is 19.6. The minimum absolute atomic E-state index is 0.0742. The van der Waals surface area contributed by atoms with E-state index in [4.69, 9.17) is 14.2 Å². The molecule has 0 aliphatic carbocycles. The molecule has 3 aliphatic rings. The molecular formula is C24H32N2O8. The fraction of sp³-hybridized carbons (Fsp3) is 0.625. The van der Waals surface area contributed by atoms with Crippen LogP contribution in [0.1, 0.15) is 45.6 Å². The molecule has 0 saturated carbocycles. The molecule has 1 aromatic rings. The molecular weight excluding hydrogens is 444 g/mol. The van der Waals surface area contributed by atoms with E-state index in [0.717, 1.165) is 5.56 Å². The van der Waals surface area contributed by atoms with Crippen LogP contribution in [0.2, 0.25) is 0 Å². The number of rotatable bonds is 4. The summed E-state index contributed by atoms with van der Waals surface area (Å²) in [6.45, 7) is 5.54. The Balaban J connectivity index is 1.53. The van der Waals surface area contributed by atoms with Crippen molar-refractivity contribution in [2.75, 3.05) is 6.54 Å². The summed E-state index contributed by atoms with van der Waals surface area (Å²) in [4.78, 5) is 42.3. The van der Waals surface area contributed by atoms with Gasteiger partial charge in [0.1, 0.15) is 24.3 Å². The van der Waals surface area contributed by atoms with Crippen LogP contribution in [-0.2, 0) is 30.4 Å². The van der Waals surface area contributed by atoms with Crippen molar-refractivity contribution in [3.63, 3.8) is 0 Å².